The average Bonchev–Trinajstić information content (AvgIpc) is 3.68. The van der Waals surface area contributed by atoms with E-state index >= 15 is 0 Å². The number of non-ortho nitro benzene ring substituents is 1. The number of nitrogens with zero attached hydrogens (tertiary/aromatic N) is 4. The molecule has 1 aliphatic heterocycles. The smallest absolute Gasteiger partial charge is 0.338 e. The highest BCUT2D eigenvalue weighted by molar-refractivity contribution is 7.90. The van der Waals surface area contributed by atoms with Crippen LogP contribution >= 0.6 is 11.3 Å². The lowest BCUT2D eigenvalue weighted by molar-refractivity contribution is -0.385. The standard InChI is InChI=1S/C37H28N4O8S2/c1-3-49-36(43)32-33(23-10-5-4-6-11-23)38-37-40(34(32)24-16-18-27(48-2)19-17-24)35(42)31(50-37)20-25-22-39(30-15-8-7-14-29(25)30)51(46,47)28-13-9-12-26(21-28)41(44)45/h4-22,34H,3H2,1-2H3/b31-20-/t34-/m0/s1. The summed E-state index contributed by atoms with van der Waals surface area (Å²) in [6, 6.07) is 26.9. The zero-order valence-electron chi connectivity index (χ0n) is 27.1. The summed E-state index contributed by atoms with van der Waals surface area (Å²) in [6.45, 7) is 1.81. The van der Waals surface area contributed by atoms with Gasteiger partial charge < -0.3 is 9.47 Å². The molecule has 14 heteroatoms. The van der Waals surface area contributed by atoms with Crippen LogP contribution < -0.4 is 19.6 Å². The number of ether oxygens (including phenoxy) is 2. The number of thiazole rings is 1. The van der Waals surface area contributed by atoms with Crippen LogP contribution in [-0.2, 0) is 19.6 Å². The SMILES string of the molecule is CCOC(=O)C1=C(c2ccccc2)N=c2s/c(=C\c3cn(S(=O)(=O)c4cccc([N+](=O)[O-])c4)c4ccccc34)c(=O)n2[C@H]1c1ccc(OC)cc1. The van der Waals surface area contributed by atoms with Gasteiger partial charge in [0.15, 0.2) is 4.80 Å². The van der Waals surface area contributed by atoms with E-state index in [1.165, 1.54) is 29.0 Å². The molecule has 0 N–H and O–H groups in total. The first kappa shape index (κ1) is 33.4. The Morgan fingerprint density at radius 2 is 1.73 bits per heavy atom. The van der Waals surface area contributed by atoms with E-state index in [1.807, 2.05) is 30.3 Å². The topological polar surface area (TPSA) is 152 Å². The fourth-order valence-electron chi connectivity index (χ4n) is 6.04. The van der Waals surface area contributed by atoms with Crippen LogP contribution in [0.4, 0.5) is 5.69 Å². The highest BCUT2D eigenvalue weighted by Crippen LogP contribution is 2.36. The van der Waals surface area contributed by atoms with Crippen molar-refractivity contribution in [2.45, 2.75) is 17.9 Å². The molecule has 2 aromatic heterocycles. The Balaban J connectivity index is 1.46. The van der Waals surface area contributed by atoms with E-state index in [4.69, 9.17) is 14.5 Å². The third-order valence-corrected chi connectivity index (χ3v) is 11.0. The summed E-state index contributed by atoms with van der Waals surface area (Å²) in [5.41, 5.74) is 1.74. The summed E-state index contributed by atoms with van der Waals surface area (Å²) in [6.07, 6.45) is 2.98. The molecule has 7 rings (SSSR count). The van der Waals surface area contributed by atoms with Crippen LogP contribution in [0.2, 0.25) is 0 Å². The molecule has 1 aliphatic rings. The lowest BCUT2D eigenvalue weighted by Gasteiger charge is -2.26. The lowest BCUT2D eigenvalue weighted by Crippen LogP contribution is -2.40. The molecule has 51 heavy (non-hydrogen) atoms. The van der Waals surface area contributed by atoms with Crippen LogP contribution in [0.5, 0.6) is 5.75 Å². The summed E-state index contributed by atoms with van der Waals surface area (Å²) in [5.74, 6) is -0.0304. The fraction of sp³-hybridized carbons (Fsp3) is 0.108. The first-order valence-electron chi connectivity index (χ1n) is 15.6. The van der Waals surface area contributed by atoms with Gasteiger partial charge >= 0.3 is 5.97 Å². The number of hydrogen-bond donors (Lipinski definition) is 0. The monoisotopic (exact) mass is 720 g/mol. The third-order valence-electron chi connectivity index (χ3n) is 8.39. The third kappa shape index (κ3) is 5.93. The van der Waals surface area contributed by atoms with Gasteiger partial charge in [0.25, 0.3) is 21.3 Å². The average molecular weight is 721 g/mol. The van der Waals surface area contributed by atoms with Gasteiger partial charge in [-0.3, -0.25) is 19.5 Å². The molecule has 3 heterocycles. The number of aromatic nitrogens is 2. The maximum absolute atomic E-state index is 14.5. The number of nitro groups is 1. The molecule has 0 saturated carbocycles. The molecule has 0 unspecified atom stereocenters. The van der Waals surface area contributed by atoms with Crippen LogP contribution in [0.25, 0.3) is 22.7 Å². The number of benzene rings is 4. The molecule has 256 valence electrons. The summed E-state index contributed by atoms with van der Waals surface area (Å²) in [7, 11) is -2.75. The second-order valence-corrected chi connectivity index (χ2v) is 14.2. The Kier molecular flexibility index (Phi) is 8.71. The van der Waals surface area contributed by atoms with Gasteiger partial charge in [0.2, 0.25) is 0 Å². The minimum absolute atomic E-state index is 0.105. The fourth-order valence-corrected chi connectivity index (χ4v) is 8.45. The number of hydrogen-bond acceptors (Lipinski definition) is 10. The number of esters is 1. The highest BCUT2D eigenvalue weighted by atomic mass is 32.2. The van der Waals surface area contributed by atoms with Gasteiger partial charge in [-0.15, -0.1) is 0 Å². The van der Waals surface area contributed by atoms with Gasteiger partial charge in [0, 0.05) is 34.8 Å². The number of carbonyl (C=O) groups excluding carboxylic acids is 1. The van der Waals surface area contributed by atoms with Crippen LogP contribution in [-0.4, -0.2) is 41.6 Å². The highest BCUT2D eigenvalue weighted by Gasteiger charge is 2.35. The first-order valence-corrected chi connectivity index (χ1v) is 17.9. The van der Waals surface area contributed by atoms with Crippen molar-refractivity contribution in [1.82, 2.24) is 8.54 Å². The zero-order chi connectivity index (χ0) is 35.9. The minimum atomic E-state index is -4.29. The largest absolute Gasteiger partial charge is 0.497 e. The number of carbonyl (C=O) groups is 1. The molecule has 0 radical (unpaired) electrons. The van der Waals surface area contributed by atoms with Gasteiger partial charge in [-0.25, -0.2) is 22.2 Å². The van der Waals surface area contributed by atoms with Crippen LogP contribution in [0.3, 0.4) is 0 Å². The molecular weight excluding hydrogens is 693 g/mol. The molecule has 0 fully saturated rings. The predicted molar refractivity (Wildman–Crippen MR) is 192 cm³/mol. The second-order valence-electron chi connectivity index (χ2n) is 11.4. The summed E-state index contributed by atoms with van der Waals surface area (Å²) in [5, 5.41) is 11.9. The van der Waals surface area contributed by atoms with Gasteiger partial charge in [0.05, 0.1) is 50.9 Å². The maximum atomic E-state index is 14.5. The van der Waals surface area contributed by atoms with Crippen molar-refractivity contribution in [3.63, 3.8) is 0 Å². The molecule has 0 spiro atoms. The van der Waals surface area contributed by atoms with E-state index in [-0.39, 0.29) is 27.3 Å². The molecule has 4 aromatic carbocycles. The quantitative estimate of drug-likeness (QED) is 0.114. The Morgan fingerprint density at radius 3 is 2.43 bits per heavy atom. The summed E-state index contributed by atoms with van der Waals surface area (Å²) in [4.78, 5) is 43.9. The lowest BCUT2D eigenvalue weighted by atomic mass is 9.93. The van der Waals surface area contributed by atoms with Crippen molar-refractivity contribution < 1.29 is 27.6 Å². The normalized spacial score (nSPS) is 14.6. The Hall–Kier alpha value is -6.12. The van der Waals surface area contributed by atoms with Gasteiger partial charge in [0.1, 0.15) is 5.75 Å². The maximum Gasteiger partial charge on any atom is 0.338 e. The number of para-hydroxylation sites is 1. The van der Waals surface area contributed by atoms with Crippen LogP contribution in [0.15, 0.2) is 130 Å². The van der Waals surface area contributed by atoms with Gasteiger partial charge in [-0.1, -0.05) is 78.1 Å². The van der Waals surface area contributed by atoms with E-state index in [2.05, 4.69) is 0 Å². The summed E-state index contributed by atoms with van der Waals surface area (Å²) < 4.78 is 41.4. The van der Waals surface area contributed by atoms with E-state index in [9.17, 15) is 28.1 Å². The van der Waals surface area contributed by atoms with Crippen molar-refractivity contribution >= 4 is 55.7 Å². The van der Waals surface area contributed by atoms with Gasteiger partial charge in [-0.2, -0.15) is 0 Å². The van der Waals surface area contributed by atoms with Crippen LogP contribution in [0.1, 0.15) is 29.7 Å². The predicted octanol–water partition coefficient (Wildman–Crippen LogP) is 5.04. The summed E-state index contributed by atoms with van der Waals surface area (Å²) >= 11 is 1.10. The number of fused-ring (bicyclic) bond motifs is 2. The Morgan fingerprint density at radius 1 is 1.00 bits per heavy atom. The zero-order valence-corrected chi connectivity index (χ0v) is 28.8. The number of nitro benzene ring substituents is 1. The molecule has 12 nitrogen and oxygen atoms in total. The molecule has 1 atom stereocenters. The van der Waals surface area contributed by atoms with E-state index in [0.717, 1.165) is 21.4 Å². The van der Waals surface area contributed by atoms with E-state index < -0.39 is 32.5 Å². The molecule has 6 aromatic rings. The van der Waals surface area contributed by atoms with E-state index in [1.54, 1.807) is 68.6 Å². The van der Waals surface area contributed by atoms with Crippen molar-refractivity contribution in [3.05, 3.63) is 161 Å². The minimum Gasteiger partial charge on any atom is -0.497 e. The molecule has 0 aliphatic carbocycles. The molecule has 0 amide bonds. The molecule has 0 bridgehead atoms. The van der Waals surface area contributed by atoms with E-state index in [0.29, 0.717) is 43.8 Å². The van der Waals surface area contributed by atoms with Crippen molar-refractivity contribution in [2.24, 2.45) is 4.99 Å². The second kappa shape index (κ2) is 13.3. The van der Waals surface area contributed by atoms with Crippen molar-refractivity contribution in [1.29, 1.82) is 0 Å². The number of methoxy groups -OCH3 is 1. The molecular formula is C37H28N4O8S2. The van der Waals surface area contributed by atoms with Crippen molar-refractivity contribution in [3.8, 4) is 5.75 Å². The molecule has 0 saturated heterocycles. The Bertz CT molecular complexity index is 2680. The van der Waals surface area contributed by atoms with Gasteiger partial charge in [-0.05, 0) is 42.8 Å². The van der Waals surface area contributed by atoms with Crippen LogP contribution in [0, 0.1) is 10.1 Å². The first-order chi connectivity index (χ1) is 24.6. The number of rotatable bonds is 9. The van der Waals surface area contributed by atoms with Crippen molar-refractivity contribution in [2.75, 3.05) is 13.7 Å². The Labute approximate surface area is 294 Å².